The van der Waals surface area contributed by atoms with Crippen molar-refractivity contribution >= 4 is 34.9 Å². The highest BCUT2D eigenvalue weighted by Crippen LogP contribution is 2.30. The third-order valence-electron chi connectivity index (χ3n) is 4.41. The number of nitrogens with one attached hydrogen (secondary N) is 1. The van der Waals surface area contributed by atoms with Gasteiger partial charge < -0.3 is 9.88 Å². The monoisotopic (exact) mass is 369 g/mol. The van der Waals surface area contributed by atoms with E-state index in [1.165, 1.54) is 19.3 Å². The zero-order valence-corrected chi connectivity index (χ0v) is 15.4. The molecule has 3 rings (SSSR count). The van der Waals surface area contributed by atoms with Gasteiger partial charge in [-0.1, -0.05) is 42.5 Å². The summed E-state index contributed by atoms with van der Waals surface area (Å²) >= 11 is 12.0. The Morgan fingerprint density at radius 3 is 2.62 bits per heavy atom. The molecule has 0 unspecified atom stereocenters. The number of carbonyl (C=O) groups excluding carboxylic acids is 1. The van der Waals surface area contributed by atoms with Crippen molar-refractivity contribution in [2.24, 2.45) is 0 Å². The van der Waals surface area contributed by atoms with E-state index in [-0.39, 0.29) is 22.8 Å². The highest BCUT2D eigenvalue weighted by Gasteiger charge is 2.21. The topological polar surface area (TPSA) is 64.7 Å². The van der Waals surface area contributed by atoms with Crippen LogP contribution in [0.5, 0.6) is 0 Å². The summed E-state index contributed by atoms with van der Waals surface area (Å²) in [6.45, 7) is 3.77. The van der Waals surface area contributed by atoms with E-state index in [1.807, 2.05) is 17.7 Å². The van der Waals surface area contributed by atoms with Crippen LogP contribution in [0.2, 0.25) is 10.3 Å². The third kappa shape index (κ3) is 3.59. The maximum atomic E-state index is 12.4. The van der Waals surface area contributed by atoms with Crippen LogP contribution >= 0.6 is 23.2 Å². The summed E-state index contributed by atoms with van der Waals surface area (Å²) in [5.41, 5.74) is 0.899. The molecule has 1 fully saturated rings. The number of hydrogen-bond donors (Lipinski definition) is 1. The molecule has 1 N–H and O–H groups in total. The van der Waals surface area contributed by atoms with Crippen molar-refractivity contribution < 1.29 is 4.79 Å². The molecular formula is C16H21Cl2N5O. The predicted molar refractivity (Wildman–Crippen MR) is 94.7 cm³/mol. The first-order valence-electron chi connectivity index (χ1n) is 8.20. The number of nitrogens with zero attached hydrogens (tertiary/aromatic N) is 4. The average molecular weight is 370 g/mol. The number of anilines is 1. The maximum absolute atomic E-state index is 12.4. The van der Waals surface area contributed by atoms with E-state index in [0.29, 0.717) is 11.9 Å². The summed E-state index contributed by atoms with van der Waals surface area (Å²) in [6.07, 6.45) is 5.90. The Kier molecular flexibility index (Phi) is 5.15. The molecule has 8 heteroatoms. The van der Waals surface area contributed by atoms with Crippen molar-refractivity contribution in [3.05, 3.63) is 27.9 Å². The second kappa shape index (κ2) is 7.15. The van der Waals surface area contributed by atoms with Crippen LogP contribution in [0.25, 0.3) is 0 Å². The highest BCUT2D eigenvalue weighted by atomic mass is 35.5. The molecule has 24 heavy (non-hydrogen) atoms. The summed E-state index contributed by atoms with van der Waals surface area (Å²) in [5, 5.41) is 8.01. The van der Waals surface area contributed by atoms with Crippen molar-refractivity contribution in [3.63, 3.8) is 0 Å². The Bertz CT molecular complexity index is 746. The number of aromatic nitrogens is 4. The molecule has 0 saturated heterocycles. The number of halogens is 2. The fraction of sp³-hybridized carbons (Fsp3) is 0.562. The lowest BCUT2D eigenvalue weighted by atomic mass is 9.96. The second-order valence-electron chi connectivity index (χ2n) is 6.28. The molecule has 0 bridgehead atoms. The van der Waals surface area contributed by atoms with Gasteiger partial charge in [0.2, 0.25) is 5.91 Å². The molecule has 2 aromatic rings. The van der Waals surface area contributed by atoms with Crippen LogP contribution in [0.15, 0.2) is 6.07 Å². The molecule has 0 atom stereocenters. The Balaban J connectivity index is 1.74. The Morgan fingerprint density at radius 2 is 2.00 bits per heavy atom. The van der Waals surface area contributed by atoms with Gasteiger partial charge in [-0.25, -0.2) is 9.67 Å². The van der Waals surface area contributed by atoms with Gasteiger partial charge in [0.1, 0.15) is 23.3 Å². The van der Waals surface area contributed by atoms with Gasteiger partial charge in [0.15, 0.2) is 5.15 Å². The Hall–Kier alpha value is -1.53. The van der Waals surface area contributed by atoms with Crippen LogP contribution in [-0.4, -0.2) is 25.2 Å². The first-order valence-corrected chi connectivity index (χ1v) is 8.95. The molecule has 0 aromatic carbocycles. The largest absolute Gasteiger partial charge is 0.309 e. The van der Waals surface area contributed by atoms with Crippen LogP contribution < -0.4 is 5.32 Å². The van der Waals surface area contributed by atoms with E-state index in [1.54, 1.807) is 11.5 Å². The van der Waals surface area contributed by atoms with Crippen LogP contribution in [-0.2, 0) is 11.3 Å². The normalized spacial score (nSPS) is 15.7. The lowest BCUT2D eigenvalue weighted by Crippen LogP contribution is -2.23. The number of imidazole rings is 1. The predicted octanol–water partition coefficient (Wildman–Crippen LogP) is 4.15. The molecule has 130 valence electrons. The van der Waals surface area contributed by atoms with Gasteiger partial charge in [0.05, 0.1) is 11.7 Å². The van der Waals surface area contributed by atoms with Crippen molar-refractivity contribution in [1.82, 2.24) is 19.3 Å². The molecule has 1 aliphatic rings. The fourth-order valence-corrected chi connectivity index (χ4v) is 3.67. The van der Waals surface area contributed by atoms with Crippen LogP contribution in [0, 0.1) is 13.8 Å². The summed E-state index contributed by atoms with van der Waals surface area (Å²) in [6, 6.07) is 2.26. The second-order valence-corrected chi connectivity index (χ2v) is 7.00. The summed E-state index contributed by atoms with van der Waals surface area (Å²) in [5.74, 6) is 1.17. The number of aryl methyl sites for hydroxylation is 2. The van der Waals surface area contributed by atoms with Crippen molar-refractivity contribution in [2.45, 2.75) is 58.5 Å². The molecule has 6 nitrogen and oxygen atoms in total. The summed E-state index contributed by atoms with van der Waals surface area (Å²) in [4.78, 5) is 16.5. The molecule has 1 saturated carbocycles. The number of rotatable bonds is 4. The fourth-order valence-electron chi connectivity index (χ4n) is 3.23. The van der Waals surface area contributed by atoms with Crippen molar-refractivity contribution in [3.8, 4) is 0 Å². The molecule has 1 amide bonds. The molecule has 1 aliphatic carbocycles. The number of amides is 1. The Morgan fingerprint density at radius 1 is 1.29 bits per heavy atom. The zero-order chi connectivity index (χ0) is 17.3. The van der Waals surface area contributed by atoms with E-state index >= 15 is 0 Å². The molecule has 0 aliphatic heterocycles. The minimum absolute atomic E-state index is 0.0687. The van der Waals surface area contributed by atoms with Gasteiger partial charge in [-0.2, -0.15) is 5.10 Å². The molecule has 2 aromatic heterocycles. The highest BCUT2D eigenvalue weighted by molar-refractivity contribution is 6.40. The summed E-state index contributed by atoms with van der Waals surface area (Å²) < 4.78 is 3.55. The lowest BCUT2D eigenvalue weighted by molar-refractivity contribution is -0.116. The SMILES string of the molecule is Cc1cc(NC(=O)Cn2c(C)nc(Cl)c2Cl)n(C2CCCCC2)n1. The first kappa shape index (κ1) is 17.3. The minimum atomic E-state index is -0.175. The van der Waals surface area contributed by atoms with Crippen LogP contribution in [0.3, 0.4) is 0 Å². The van der Waals surface area contributed by atoms with Gasteiger partial charge in [0.25, 0.3) is 0 Å². The van der Waals surface area contributed by atoms with Crippen molar-refractivity contribution in [2.75, 3.05) is 5.32 Å². The van der Waals surface area contributed by atoms with Gasteiger partial charge in [-0.15, -0.1) is 0 Å². The van der Waals surface area contributed by atoms with E-state index in [4.69, 9.17) is 23.2 Å². The van der Waals surface area contributed by atoms with E-state index in [9.17, 15) is 4.79 Å². The van der Waals surface area contributed by atoms with Crippen LogP contribution in [0.4, 0.5) is 5.82 Å². The third-order valence-corrected chi connectivity index (χ3v) is 5.15. The van der Waals surface area contributed by atoms with E-state index in [0.717, 1.165) is 24.4 Å². The number of hydrogen-bond acceptors (Lipinski definition) is 3. The number of carbonyl (C=O) groups is 1. The quantitative estimate of drug-likeness (QED) is 0.880. The standard InChI is InChI=1S/C16H21Cl2N5O/c1-10-8-13(23(21-10)12-6-4-3-5-7-12)20-14(24)9-22-11(2)19-15(17)16(22)18/h8,12H,3-7,9H2,1-2H3,(H,20,24). The van der Waals surface area contributed by atoms with E-state index in [2.05, 4.69) is 15.4 Å². The lowest BCUT2D eigenvalue weighted by Gasteiger charge is -2.24. The smallest absolute Gasteiger partial charge is 0.245 e. The van der Waals surface area contributed by atoms with E-state index < -0.39 is 0 Å². The molecule has 0 radical (unpaired) electrons. The van der Waals surface area contributed by atoms with Gasteiger partial charge in [0, 0.05) is 6.07 Å². The maximum Gasteiger partial charge on any atom is 0.245 e. The average Bonchev–Trinajstić information content (AvgIpc) is 3.03. The van der Waals surface area contributed by atoms with Gasteiger partial charge >= 0.3 is 0 Å². The van der Waals surface area contributed by atoms with Crippen molar-refractivity contribution in [1.29, 1.82) is 0 Å². The van der Waals surface area contributed by atoms with Crippen LogP contribution in [0.1, 0.15) is 49.7 Å². The van der Waals surface area contributed by atoms with Gasteiger partial charge in [-0.3, -0.25) is 4.79 Å². The van der Waals surface area contributed by atoms with Gasteiger partial charge in [-0.05, 0) is 26.7 Å². The molecule has 0 spiro atoms. The Labute approximate surface area is 151 Å². The summed E-state index contributed by atoms with van der Waals surface area (Å²) in [7, 11) is 0. The molecule has 2 heterocycles. The first-order chi connectivity index (χ1) is 11.5. The molecular weight excluding hydrogens is 349 g/mol. The zero-order valence-electron chi connectivity index (χ0n) is 13.9. The minimum Gasteiger partial charge on any atom is -0.309 e.